The summed E-state index contributed by atoms with van der Waals surface area (Å²) >= 11 is 0. The van der Waals surface area contributed by atoms with Crippen LogP contribution in [0.25, 0.3) is 0 Å². The van der Waals surface area contributed by atoms with E-state index in [1.165, 1.54) is 0 Å². The molecule has 0 radical (unpaired) electrons. The summed E-state index contributed by atoms with van der Waals surface area (Å²) in [5.74, 6) is -0.613. The van der Waals surface area contributed by atoms with Crippen LogP contribution < -0.4 is 0 Å². The van der Waals surface area contributed by atoms with E-state index in [1.807, 2.05) is 38.2 Å². The fourth-order valence-corrected chi connectivity index (χ4v) is 3.27. The molecule has 0 spiro atoms. The van der Waals surface area contributed by atoms with Crippen molar-refractivity contribution in [2.45, 2.75) is 45.3 Å². The van der Waals surface area contributed by atoms with Gasteiger partial charge in [0.05, 0.1) is 0 Å². The van der Waals surface area contributed by atoms with Crippen molar-refractivity contribution < 1.29 is 19.1 Å². The van der Waals surface area contributed by atoms with E-state index in [2.05, 4.69) is 12.7 Å². The molecule has 3 aliphatic rings. The third-order valence-electron chi connectivity index (χ3n) is 4.64. The zero-order valence-corrected chi connectivity index (χ0v) is 14.1. The number of allylic oxidation sites excluding steroid dienone is 4. The molecule has 126 valence electrons. The Balaban J connectivity index is 1.91. The molecule has 1 aliphatic carbocycles. The zero-order valence-electron chi connectivity index (χ0n) is 14.1. The number of hydrogen-bond donors (Lipinski definition) is 0. The lowest BCUT2D eigenvalue weighted by Crippen LogP contribution is -2.15. The predicted molar refractivity (Wildman–Crippen MR) is 91.0 cm³/mol. The fourth-order valence-electron chi connectivity index (χ4n) is 3.27. The molecule has 3 atom stereocenters. The summed E-state index contributed by atoms with van der Waals surface area (Å²) in [6.45, 7) is 7.86. The first kappa shape index (κ1) is 16.5. The molecule has 0 saturated carbocycles. The molecule has 1 fully saturated rings. The van der Waals surface area contributed by atoms with Gasteiger partial charge in [0, 0.05) is 23.5 Å². The van der Waals surface area contributed by atoms with Crippen molar-refractivity contribution in [3.05, 3.63) is 59.3 Å². The van der Waals surface area contributed by atoms with Crippen LogP contribution in [0.5, 0.6) is 0 Å². The monoisotopic (exact) mass is 326 g/mol. The van der Waals surface area contributed by atoms with Gasteiger partial charge in [0.25, 0.3) is 0 Å². The van der Waals surface area contributed by atoms with Crippen LogP contribution in [0.1, 0.15) is 33.1 Å². The Labute approximate surface area is 142 Å². The van der Waals surface area contributed by atoms with Gasteiger partial charge in [-0.15, -0.1) is 0 Å². The molecular formula is C20H22O4. The van der Waals surface area contributed by atoms with E-state index < -0.39 is 0 Å². The number of carbonyl (C=O) groups is 2. The molecule has 24 heavy (non-hydrogen) atoms. The molecule has 0 aromatic heterocycles. The molecule has 4 nitrogen and oxygen atoms in total. The molecule has 0 amide bonds. The minimum absolute atomic E-state index is 0.0454. The van der Waals surface area contributed by atoms with E-state index in [4.69, 9.17) is 9.47 Å². The maximum absolute atomic E-state index is 11.9. The average molecular weight is 326 g/mol. The number of carbonyl (C=O) groups excluding carboxylic acids is 2. The Morgan fingerprint density at radius 2 is 1.92 bits per heavy atom. The summed E-state index contributed by atoms with van der Waals surface area (Å²) in [6.07, 6.45) is 11.2. The summed E-state index contributed by atoms with van der Waals surface area (Å²) in [4.78, 5) is 23.8. The van der Waals surface area contributed by atoms with Crippen LogP contribution in [0.3, 0.4) is 0 Å². The number of hydrogen-bond acceptors (Lipinski definition) is 4. The summed E-state index contributed by atoms with van der Waals surface area (Å²) in [5.41, 5.74) is 3.35. The second-order valence-electron chi connectivity index (χ2n) is 6.64. The number of fused-ring (bicyclic) bond motifs is 2. The summed E-state index contributed by atoms with van der Waals surface area (Å²) in [6, 6.07) is 0. The van der Waals surface area contributed by atoms with Crippen LogP contribution in [0.15, 0.2) is 59.3 Å². The minimum atomic E-state index is -0.325. The molecule has 2 heterocycles. The highest BCUT2D eigenvalue weighted by Gasteiger charge is 2.36. The van der Waals surface area contributed by atoms with E-state index in [-0.39, 0.29) is 30.1 Å². The first-order valence-corrected chi connectivity index (χ1v) is 8.26. The van der Waals surface area contributed by atoms with Crippen molar-refractivity contribution in [2.24, 2.45) is 5.92 Å². The molecule has 2 aliphatic heterocycles. The molecule has 1 saturated heterocycles. The van der Waals surface area contributed by atoms with Crippen LogP contribution >= 0.6 is 0 Å². The quantitative estimate of drug-likeness (QED) is 0.388. The SMILES string of the molecule is C=C1C(=O)OC2/C=C(\C)CC3C=C(C/C=C/C(C)=C\CC12)C(=O)O3. The van der Waals surface area contributed by atoms with Crippen LogP contribution in [-0.4, -0.2) is 24.1 Å². The first-order valence-electron chi connectivity index (χ1n) is 8.26. The summed E-state index contributed by atoms with van der Waals surface area (Å²) in [5, 5.41) is 0. The Morgan fingerprint density at radius 3 is 2.71 bits per heavy atom. The van der Waals surface area contributed by atoms with E-state index in [1.54, 1.807) is 0 Å². The van der Waals surface area contributed by atoms with Gasteiger partial charge in [-0.2, -0.15) is 0 Å². The predicted octanol–water partition coefficient (Wildman–Crippen LogP) is 3.57. The average Bonchev–Trinajstić information content (AvgIpc) is 2.97. The highest BCUT2D eigenvalue weighted by Crippen LogP contribution is 2.33. The van der Waals surface area contributed by atoms with E-state index in [9.17, 15) is 9.59 Å². The van der Waals surface area contributed by atoms with Gasteiger partial charge in [0.1, 0.15) is 12.2 Å². The Kier molecular flexibility index (Phi) is 4.56. The van der Waals surface area contributed by atoms with Gasteiger partial charge in [0.2, 0.25) is 0 Å². The summed E-state index contributed by atoms with van der Waals surface area (Å²) < 4.78 is 10.9. The van der Waals surface area contributed by atoms with Crippen molar-refractivity contribution in [1.82, 2.24) is 0 Å². The fraction of sp³-hybridized carbons (Fsp3) is 0.400. The molecule has 4 heteroatoms. The summed E-state index contributed by atoms with van der Waals surface area (Å²) in [7, 11) is 0. The highest BCUT2D eigenvalue weighted by molar-refractivity contribution is 5.91. The third-order valence-corrected chi connectivity index (χ3v) is 4.64. The van der Waals surface area contributed by atoms with Crippen LogP contribution in [0.4, 0.5) is 0 Å². The van der Waals surface area contributed by atoms with E-state index in [0.29, 0.717) is 30.4 Å². The van der Waals surface area contributed by atoms with Crippen molar-refractivity contribution in [1.29, 1.82) is 0 Å². The van der Waals surface area contributed by atoms with Crippen molar-refractivity contribution in [2.75, 3.05) is 0 Å². The standard InChI is InChI=1S/C20H22O4/c1-12-5-4-6-15-11-16(23-20(15)22)9-13(2)10-18-17(8-7-12)14(3)19(21)24-18/h4-5,7,10-11,16-18H,3,6,8-9H2,1-2H3/b5-4+,12-7-,13-10+. The van der Waals surface area contributed by atoms with Gasteiger partial charge >= 0.3 is 11.9 Å². The maximum atomic E-state index is 11.9. The second-order valence-corrected chi connectivity index (χ2v) is 6.64. The zero-order chi connectivity index (χ0) is 17.3. The van der Waals surface area contributed by atoms with Crippen LogP contribution in [0.2, 0.25) is 0 Å². The van der Waals surface area contributed by atoms with Gasteiger partial charge in [-0.3, -0.25) is 0 Å². The lowest BCUT2D eigenvalue weighted by Gasteiger charge is -2.15. The molecule has 0 aromatic carbocycles. The smallest absolute Gasteiger partial charge is 0.334 e. The normalized spacial score (nSPS) is 36.3. The Morgan fingerprint density at radius 1 is 1.12 bits per heavy atom. The number of ether oxygens (including phenoxy) is 2. The van der Waals surface area contributed by atoms with Gasteiger partial charge in [-0.25, -0.2) is 9.59 Å². The van der Waals surface area contributed by atoms with Crippen molar-refractivity contribution >= 4 is 11.9 Å². The van der Waals surface area contributed by atoms with Gasteiger partial charge < -0.3 is 9.47 Å². The lowest BCUT2D eigenvalue weighted by atomic mass is 9.91. The molecular weight excluding hydrogens is 304 g/mol. The minimum Gasteiger partial charge on any atom is -0.454 e. The van der Waals surface area contributed by atoms with E-state index in [0.717, 1.165) is 11.1 Å². The van der Waals surface area contributed by atoms with Crippen LogP contribution in [0, 0.1) is 5.92 Å². The first-order chi connectivity index (χ1) is 11.4. The molecule has 2 bridgehead atoms. The molecule has 0 N–H and O–H groups in total. The third kappa shape index (κ3) is 3.42. The number of rotatable bonds is 0. The van der Waals surface area contributed by atoms with Crippen LogP contribution in [-0.2, 0) is 19.1 Å². The van der Waals surface area contributed by atoms with Gasteiger partial charge in [-0.1, -0.05) is 36.0 Å². The molecule has 3 unspecified atom stereocenters. The molecule has 3 rings (SSSR count). The highest BCUT2D eigenvalue weighted by atomic mass is 16.6. The Hall–Kier alpha value is -2.36. The Bertz CT molecular complexity index is 705. The maximum Gasteiger partial charge on any atom is 0.334 e. The van der Waals surface area contributed by atoms with Crippen molar-refractivity contribution in [3.8, 4) is 0 Å². The largest absolute Gasteiger partial charge is 0.454 e. The topological polar surface area (TPSA) is 52.6 Å². The van der Waals surface area contributed by atoms with Gasteiger partial charge in [-0.05, 0) is 38.8 Å². The molecule has 0 aromatic rings. The lowest BCUT2D eigenvalue weighted by molar-refractivity contribution is -0.139. The van der Waals surface area contributed by atoms with Crippen molar-refractivity contribution in [3.63, 3.8) is 0 Å². The number of esters is 2. The van der Waals surface area contributed by atoms with E-state index >= 15 is 0 Å². The van der Waals surface area contributed by atoms with Gasteiger partial charge in [0.15, 0.2) is 0 Å². The second kappa shape index (κ2) is 6.63.